The van der Waals surface area contributed by atoms with Crippen LogP contribution in [0.2, 0.25) is 0 Å². The summed E-state index contributed by atoms with van der Waals surface area (Å²) < 4.78 is 0. The zero-order valence-electron chi connectivity index (χ0n) is 11.0. The Labute approximate surface area is 104 Å². The van der Waals surface area contributed by atoms with Gasteiger partial charge in [-0.25, -0.2) is 4.98 Å². The third-order valence-electron chi connectivity index (χ3n) is 3.49. The van der Waals surface area contributed by atoms with Crippen LogP contribution in [0.4, 0.5) is 11.6 Å². The van der Waals surface area contributed by atoms with Crippen molar-refractivity contribution in [2.24, 2.45) is 0 Å². The van der Waals surface area contributed by atoms with Gasteiger partial charge in [0.25, 0.3) is 0 Å². The lowest BCUT2D eigenvalue weighted by molar-refractivity contribution is 0.199. The molecule has 0 amide bonds. The van der Waals surface area contributed by atoms with E-state index in [0.29, 0.717) is 6.04 Å². The maximum Gasteiger partial charge on any atom is 0.131 e. The molecule has 1 fully saturated rings. The zero-order chi connectivity index (χ0) is 12.3. The minimum Gasteiger partial charge on any atom is -0.373 e. The number of likely N-dealkylation sites (N-methyl/N-ethyl adjacent to an activating group) is 1. The highest BCUT2D eigenvalue weighted by Gasteiger charge is 2.22. The summed E-state index contributed by atoms with van der Waals surface area (Å²) in [5, 5.41) is 3.09. The normalized spacial score (nSPS) is 21.6. The Balaban J connectivity index is 2.08. The molecule has 1 aliphatic rings. The Hall–Kier alpha value is -1.29. The van der Waals surface area contributed by atoms with Crippen molar-refractivity contribution in [2.75, 3.05) is 43.4 Å². The average molecular weight is 234 g/mol. The molecule has 0 radical (unpaired) electrons. The third-order valence-corrected chi connectivity index (χ3v) is 3.49. The summed E-state index contributed by atoms with van der Waals surface area (Å²) in [4.78, 5) is 9.48. The van der Waals surface area contributed by atoms with E-state index in [2.05, 4.69) is 46.1 Å². The molecule has 17 heavy (non-hydrogen) atoms. The van der Waals surface area contributed by atoms with Crippen LogP contribution >= 0.6 is 0 Å². The van der Waals surface area contributed by atoms with Crippen LogP contribution in [-0.4, -0.2) is 49.2 Å². The molecule has 4 nitrogen and oxygen atoms in total. The molecule has 0 aromatic carbocycles. The van der Waals surface area contributed by atoms with Gasteiger partial charge in [-0.15, -0.1) is 0 Å². The van der Waals surface area contributed by atoms with Gasteiger partial charge >= 0.3 is 0 Å². The highest BCUT2D eigenvalue weighted by atomic mass is 15.3. The molecule has 4 heteroatoms. The van der Waals surface area contributed by atoms with Crippen LogP contribution in [-0.2, 0) is 0 Å². The molecule has 2 rings (SSSR count). The molecule has 0 bridgehead atoms. The first-order chi connectivity index (χ1) is 8.24. The predicted molar refractivity (Wildman–Crippen MR) is 72.7 cm³/mol. The van der Waals surface area contributed by atoms with Crippen LogP contribution in [0.5, 0.6) is 0 Å². The molecule has 1 aliphatic heterocycles. The fraction of sp³-hybridized carbons (Fsp3) is 0.615. The smallest absolute Gasteiger partial charge is 0.131 e. The zero-order valence-corrected chi connectivity index (χ0v) is 11.0. The van der Waals surface area contributed by atoms with Gasteiger partial charge in [0, 0.05) is 32.7 Å². The van der Waals surface area contributed by atoms with Gasteiger partial charge in [0.15, 0.2) is 0 Å². The lowest BCUT2D eigenvalue weighted by Gasteiger charge is -2.40. The molecular weight excluding hydrogens is 212 g/mol. The fourth-order valence-electron chi connectivity index (χ4n) is 2.41. The van der Waals surface area contributed by atoms with Crippen molar-refractivity contribution in [3.05, 3.63) is 18.2 Å². The lowest BCUT2D eigenvalue weighted by Crippen LogP contribution is -2.52. The Bertz CT molecular complexity index is 366. The number of aromatic nitrogens is 1. The van der Waals surface area contributed by atoms with Crippen LogP contribution in [0.15, 0.2) is 18.2 Å². The van der Waals surface area contributed by atoms with Crippen LogP contribution in [0.3, 0.4) is 0 Å². The molecular formula is C13H22N4. The Kier molecular flexibility index (Phi) is 3.84. The lowest BCUT2D eigenvalue weighted by atomic mass is 10.2. The highest BCUT2D eigenvalue weighted by molar-refractivity contribution is 5.47. The number of rotatable bonds is 3. The van der Waals surface area contributed by atoms with Crippen molar-refractivity contribution in [1.29, 1.82) is 0 Å². The molecule has 2 heterocycles. The SMILES string of the molecule is CCN1CCN(c2cccc(NC)n2)CC1C. The van der Waals surface area contributed by atoms with Gasteiger partial charge in [0.2, 0.25) is 0 Å². The van der Waals surface area contributed by atoms with Gasteiger partial charge in [-0.05, 0) is 25.6 Å². The standard InChI is InChI=1S/C13H22N4/c1-4-16-8-9-17(10-11(16)2)13-7-5-6-12(14-3)15-13/h5-7,11H,4,8-10H2,1-3H3,(H,14,15). The largest absolute Gasteiger partial charge is 0.373 e. The number of hydrogen-bond donors (Lipinski definition) is 1. The van der Waals surface area contributed by atoms with Gasteiger partial charge in [-0.2, -0.15) is 0 Å². The molecule has 0 spiro atoms. The van der Waals surface area contributed by atoms with E-state index in [-0.39, 0.29) is 0 Å². The molecule has 0 aliphatic carbocycles. The van der Waals surface area contributed by atoms with Crippen molar-refractivity contribution < 1.29 is 0 Å². The second-order valence-electron chi connectivity index (χ2n) is 4.55. The molecule has 1 atom stereocenters. The maximum atomic E-state index is 4.60. The minimum atomic E-state index is 0.605. The van der Waals surface area contributed by atoms with Crippen LogP contribution < -0.4 is 10.2 Å². The number of nitrogens with one attached hydrogen (secondary N) is 1. The number of nitrogens with zero attached hydrogens (tertiary/aromatic N) is 3. The molecule has 1 saturated heterocycles. The number of piperazine rings is 1. The number of anilines is 2. The van der Waals surface area contributed by atoms with E-state index in [1.807, 2.05) is 13.1 Å². The van der Waals surface area contributed by atoms with E-state index in [1.54, 1.807) is 0 Å². The van der Waals surface area contributed by atoms with Crippen LogP contribution in [0.25, 0.3) is 0 Å². The summed E-state index contributed by atoms with van der Waals surface area (Å²) >= 11 is 0. The molecule has 1 aromatic rings. The highest BCUT2D eigenvalue weighted by Crippen LogP contribution is 2.18. The van der Waals surface area contributed by atoms with E-state index in [4.69, 9.17) is 0 Å². The van der Waals surface area contributed by atoms with Crippen molar-refractivity contribution in [3.63, 3.8) is 0 Å². The molecule has 1 unspecified atom stereocenters. The third kappa shape index (κ3) is 2.69. The van der Waals surface area contributed by atoms with E-state index < -0.39 is 0 Å². The summed E-state index contributed by atoms with van der Waals surface area (Å²) in [7, 11) is 1.91. The fourth-order valence-corrected chi connectivity index (χ4v) is 2.41. The molecule has 0 saturated carbocycles. The van der Waals surface area contributed by atoms with Gasteiger partial charge in [-0.1, -0.05) is 13.0 Å². The van der Waals surface area contributed by atoms with E-state index in [9.17, 15) is 0 Å². The first-order valence-electron chi connectivity index (χ1n) is 6.38. The molecule has 1 aromatic heterocycles. The number of pyridine rings is 1. The summed E-state index contributed by atoms with van der Waals surface area (Å²) in [6, 6.07) is 6.75. The second-order valence-corrected chi connectivity index (χ2v) is 4.55. The van der Waals surface area contributed by atoms with Gasteiger partial charge in [0.1, 0.15) is 11.6 Å². The minimum absolute atomic E-state index is 0.605. The van der Waals surface area contributed by atoms with Crippen molar-refractivity contribution in [1.82, 2.24) is 9.88 Å². The Morgan fingerprint density at radius 1 is 1.41 bits per heavy atom. The van der Waals surface area contributed by atoms with E-state index >= 15 is 0 Å². The average Bonchev–Trinajstić information content (AvgIpc) is 2.38. The van der Waals surface area contributed by atoms with Crippen molar-refractivity contribution in [3.8, 4) is 0 Å². The van der Waals surface area contributed by atoms with Crippen LogP contribution in [0.1, 0.15) is 13.8 Å². The summed E-state index contributed by atoms with van der Waals surface area (Å²) in [6.07, 6.45) is 0. The maximum absolute atomic E-state index is 4.60. The first-order valence-corrected chi connectivity index (χ1v) is 6.38. The van der Waals surface area contributed by atoms with E-state index in [1.165, 1.54) is 0 Å². The summed E-state index contributed by atoms with van der Waals surface area (Å²) in [6.45, 7) is 8.91. The van der Waals surface area contributed by atoms with Gasteiger partial charge < -0.3 is 10.2 Å². The number of hydrogen-bond acceptors (Lipinski definition) is 4. The van der Waals surface area contributed by atoms with E-state index in [0.717, 1.165) is 37.8 Å². The predicted octanol–water partition coefficient (Wildman–Crippen LogP) is 1.65. The monoisotopic (exact) mass is 234 g/mol. The Morgan fingerprint density at radius 3 is 2.88 bits per heavy atom. The quantitative estimate of drug-likeness (QED) is 0.862. The first kappa shape index (κ1) is 12.2. The summed E-state index contributed by atoms with van der Waals surface area (Å²) in [5.41, 5.74) is 0. The molecule has 1 N–H and O–H groups in total. The topological polar surface area (TPSA) is 31.4 Å². The van der Waals surface area contributed by atoms with Gasteiger partial charge in [-0.3, -0.25) is 4.90 Å². The Morgan fingerprint density at radius 2 is 2.24 bits per heavy atom. The molecule has 94 valence electrons. The van der Waals surface area contributed by atoms with Crippen molar-refractivity contribution >= 4 is 11.6 Å². The summed E-state index contributed by atoms with van der Waals surface area (Å²) in [5.74, 6) is 2.02. The van der Waals surface area contributed by atoms with Crippen molar-refractivity contribution in [2.45, 2.75) is 19.9 Å². The second kappa shape index (κ2) is 5.36. The van der Waals surface area contributed by atoms with Crippen LogP contribution in [0, 0.1) is 0 Å². The van der Waals surface area contributed by atoms with Gasteiger partial charge in [0.05, 0.1) is 0 Å².